The van der Waals surface area contributed by atoms with Crippen LogP contribution in [0.15, 0.2) is 0 Å². The minimum absolute atomic E-state index is 0.0364. The highest BCUT2D eigenvalue weighted by Crippen LogP contribution is 2.36. The summed E-state index contributed by atoms with van der Waals surface area (Å²) < 4.78 is 29.6. The van der Waals surface area contributed by atoms with Gasteiger partial charge in [0.2, 0.25) is 0 Å². The number of nitrogens with two attached hydrogens (primary N) is 1. The molecule has 12 heteroatoms. The molecule has 3 aliphatic rings. The van der Waals surface area contributed by atoms with Crippen molar-refractivity contribution in [2.24, 2.45) is 17.6 Å². The SMILES string of the molecule is CCC1CCC(C)C(OC2C(NC(=O)OC(C)(C)C)CC(C)C(OC3OC(CO)C(O)C(N)C3O)C2O)O1. The highest BCUT2D eigenvalue weighted by atomic mass is 16.7. The number of alkyl carbamates (subject to hydrolysis) is 1. The van der Waals surface area contributed by atoms with Crippen molar-refractivity contribution in [3.8, 4) is 0 Å². The van der Waals surface area contributed by atoms with Crippen molar-refractivity contribution in [3.05, 3.63) is 0 Å². The maximum absolute atomic E-state index is 12.7. The number of carbonyl (C=O) groups excluding carboxylic acids is 1. The molecule has 2 saturated heterocycles. The van der Waals surface area contributed by atoms with E-state index in [1.54, 1.807) is 20.8 Å². The summed E-state index contributed by atoms with van der Waals surface area (Å²) in [5, 5.41) is 44.7. The number of amides is 1. The van der Waals surface area contributed by atoms with Gasteiger partial charge in [0.05, 0.1) is 30.9 Å². The lowest BCUT2D eigenvalue weighted by Crippen LogP contribution is -2.66. The number of rotatable bonds is 7. The van der Waals surface area contributed by atoms with E-state index in [1.807, 2.05) is 20.8 Å². The van der Waals surface area contributed by atoms with E-state index in [4.69, 9.17) is 29.4 Å². The summed E-state index contributed by atoms with van der Waals surface area (Å²) >= 11 is 0. The number of hydrogen-bond donors (Lipinski definition) is 6. The quantitative estimate of drug-likeness (QED) is 0.258. The summed E-state index contributed by atoms with van der Waals surface area (Å²) in [5.41, 5.74) is 5.23. The van der Waals surface area contributed by atoms with Crippen LogP contribution in [0.4, 0.5) is 4.79 Å². The Kier molecular flexibility index (Phi) is 10.8. The van der Waals surface area contributed by atoms with Gasteiger partial charge >= 0.3 is 6.09 Å². The van der Waals surface area contributed by atoms with E-state index >= 15 is 0 Å². The second kappa shape index (κ2) is 13.0. The number of hydrogen-bond acceptors (Lipinski definition) is 11. The summed E-state index contributed by atoms with van der Waals surface area (Å²) in [4.78, 5) is 12.7. The van der Waals surface area contributed by atoms with Crippen molar-refractivity contribution in [2.45, 2.75) is 140 Å². The molecule has 13 atom stereocenters. The van der Waals surface area contributed by atoms with Crippen molar-refractivity contribution in [2.75, 3.05) is 6.61 Å². The maximum Gasteiger partial charge on any atom is 0.407 e. The first kappa shape index (κ1) is 31.4. The third kappa shape index (κ3) is 7.55. The number of nitrogens with one attached hydrogen (secondary N) is 1. The van der Waals surface area contributed by atoms with Crippen LogP contribution in [-0.4, -0.2) is 106 Å². The molecule has 0 aromatic carbocycles. The van der Waals surface area contributed by atoms with Crippen LogP contribution in [0.2, 0.25) is 0 Å². The van der Waals surface area contributed by atoms with Gasteiger partial charge in [0.15, 0.2) is 12.6 Å². The highest BCUT2D eigenvalue weighted by Gasteiger charge is 2.50. The molecule has 3 fully saturated rings. The van der Waals surface area contributed by atoms with Crippen LogP contribution >= 0.6 is 0 Å². The monoisotopic (exact) mass is 548 g/mol. The molecular weight excluding hydrogens is 500 g/mol. The zero-order valence-corrected chi connectivity index (χ0v) is 23.4. The van der Waals surface area contributed by atoms with Crippen molar-refractivity contribution in [3.63, 3.8) is 0 Å². The van der Waals surface area contributed by atoms with E-state index < -0.39 is 79.6 Å². The molecule has 1 amide bonds. The van der Waals surface area contributed by atoms with E-state index in [9.17, 15) is 25.2 Å². The van der Waals surface area contributed by atoms with Gasteiger partial charge in [0, 0.05) is 5.92 Å². The van der Waals surface area contributed by atoms with E-state index in [1.165, 1.54) is 0 Å². The average Bonchev–Trinajstić information content (AvgIpc) is 2.83. The van der Waals surface area contributed by atoms with Crippen molar-refractivity contribution in [1.82, 2.24) is 5.32 Å². The van der Waals surface area contributed by atoms with Crippen molar-refractivity contribution < 1.29 is 48.9 Å². The third-order valence-electron chi connectivity index (χ3n) is 7.67. The second-order valence-electron chi connectivity index (χ2n) is 12.0. The van der Waals surface area contributed by atoms with Crippen LogP contribution in [0.25, 0.3) is 0 Å². The number of ether oxygens (including phenoxy) is 5. The highest BCUT2D eigenvalue weighted by molar-refractivity contribution is 5.68. The lowest BCUT2D eigenvalue weighted by Gasteiger charge is -2.48. The van der Waals surface area contributed by atoms with Crippen LogP contribution < -0.4 is 11.1 Å². The Morgan fingerprint density at radius 3 is 2.24 bits per heavy atom. The van der Waals surface area contributed by atoms with E-state index in [0.29, 0.717) is 6.42 Å². The fraction of sp³-hybridized carbons (Fsp3) is 0.962. The molecule has 38 heavy (non-hydrogen) atoms. The molecule has 7 N–H and O–H groups in total. The zero-order chi connectivity index (χ0) is 28.4. The van der Waals surface area contributed by atoms with Crippen LogP contribution in [-0.2, 0) is 23.7 Å². The molecule has 1 aliphatic carbocycles. The summed E-state index contributed by atoms with van der Waals surface area (Å²) in [5.74, 6) is -0.247. The lowest BCUT2D eigenvalue weighted by molar-refractivity contribution is -0.319. The predicted octanol–water partition coefficient (Wildman–Crippen LogP) is 0.368. The van der Waals surface area contributed by atoms with Gasteiger partial charge in [-0.1, -0.05) is 20.8 Å². The van der Waals surface area contributed by atoms with E-state index in [0.717, 1.165) is 19.3 Å². The first-order chi connectivity index (χ1) is 17.7. The van der Waals surface area contributed by atoms with Crippen LogP contribution in [0.1, 0.15) is 67.2 Å². The van der Waals surface area contributed by atoms with Gasteiger partial charge in [0.25, 0.3) is 0 Å². The first-order valence-corrected chi connectivity index (χ1v) is 13.8. The fourth-order valence-corrected chi connectivity index (χ4v) is 5.40. The van der Waals surface area contributed by atoms with Gasteiger partial charge in [-0.05, 0) is 52.4 Å². The minimum atomic E-state index is -1.39. The molecule has 2 aliphatic heterocycles. The maximum atomic E-state index is 12.7. The van der Waals surface area contributed by atoms with Crippen LogP contribution in [0, 0.1) is 11.8 Å². The molecule has 2 heterocycles. The fourth-order valence-electron chi connectivity index (χ4n) is 5.40. The molecular formula is C26H48N2O10. The van der Waals surface area contributed by atoms with Crippen molar-refractivity contribution >= 4 is 6.09 Å². The lowest BCUT2D eigenvalue weighted by atomic mass is 9.80. The van der Waals surface area contributed by atoms with E-state index in [-0.39, 0.29) is 17.9 Å². The Morgan fingerprint density at radius 1 is 0.974 bits per heavy atom. The Balaban J connectivity index is 1.81. The molecule has 0 radical (unpaired) electrons. The van der Waals surface area contributed by atoms with Gasteiger partial charge in [-0.15, -0.1) is 0 Å². The molecule has 13 unspecified atom stereocenters. The van der Waals surface area contributed by atoms with Gasteiger partial charge in [-0.25, -0.2) is 4.79 Å². The second-order valence-corrected chi connectivity index (χ2v) is 12.0. The smallest absolute Gasteiger partial charge is 0.407 e. The standard InChI is InChI=1S/C26H48N2O10/c1-7-14-9-8-12(2)23(34-14)37-22-15(28-25(33)38-26(4,5)6)10-13(3)21(20(22)32)36-24-19(31)17(27)18(30)16(11-29)35-24/h12-24,29-32H,7-11,27H2,1-6H3,(H,28,33). The Labute approximate surface area is 225 Å². The predicted molar refractivity (Wildman–Crippen MR) is 136 cm³/mol. The molecule has 0 aromatic heterocycles. The minimum Gasteiger partial charge on any atom is -0.444 e. The van der Waals surface area contributed by atoms with Crippen LogP contribution in [0.5, 0.6) is 0 Å². The third-order valence-corrected chi connectivity index (χ3v) is 7.67. The van der Waals surface area contributed by atoms with E-state index in [2.05, 4.69) is 5.32 Å². The summed E-state index contributed by atoms with van der Waals surface area (Å²) in [7, 11) is 0. The Bertz CT molecular complexity index is 765. The van der Waals surface area contributed by atoms with Gasteiger partial charge in [-0.2, -0.15) is 0 Å². The summed E-state index contributed by atoms with van der Waals surface area (Å²) in [6.45, 7) is 10.7. The molecule has 222 valence electrons. The Hall–Kier alpha value is -1.09. The van der Waals surface area contributed by atoms with Crippen LogP contribution in [0.3, 0.4) is 0 Å². The van der Waals surface area contributed by atoms with Gasteiger partial charge in [-0.3, -0.25) is 0 Å². The summed E-state index contributed by atoms with van der Waals surface area (Å²) in [6.07, 6.45) is -6.23. The molecule has 12 nitrogen and oxygen atoms in total. The molecule has 3 rings (SSSR count). The molecule has 0 aromatic rings. The molecule has 1 saturated carbocycles. The van der Waals surface area contributed by atoms with Gasteiger partial charge in [0.1, 0.15) is 36.1 Å². The molecule has 0 spiro atoms. The first-order valence-electron chi connectivity index (χ1n) is 13.8. The topological polar surface area (TPSA) is 182 Å². The average molecular weight is 549 g/mol. The number of aliphatic hydroxyl groups excluding tert-OH is 4. The molecule has 0 bridgehead atoms. The number of carbonyl (C=O) groups is 1. The largest absolute Gasteiger partial charge is 0.444 e. The summed E-state index contributed by atoms with van der Waals surface area (Å²) in [6, 6.07) is -1.72. The Morgan fingerprint density at radius 2 is 1.63 bits per heavy atom. The zero-order valence-electron chi connectivity index (χ0n) is 23.4. The number of aliphatic hydroxyl groups is 4. The van der Waals surface area contributed by atoms with Crippen molar-refractivity contribution in [1.29, 1.82) is 0 Å². The van der Waals surface area contributed by atoms with Gasteiger partial charge < -0.3 is 55.2 Å². The normalized spacial score (nSPS) is 44.4.